The number of thiazole rings is 1. The number of esters is 1. The Bertz CT molecular complexity index is 834. The van der Waals surface area contributed by atoms with E-state index in [0.29, 0.717) is 47.2 Å². The number of hydrogen-bond acceptors (Lipinski definition) is 7. The Hall–Kier alpha value is -1.66. The molecule has 1 unspecified atom stereocenters. The van der Waals surface area contributed by atoms with E-state index in [0.717, 1.165) is 5.01 Å². The van der Waals surface area contributed by atoms with Gasteiger partial charge in [0.15, 0.2) is 5.96 Å². The largest absolute Gasteiger partial charge is 0.475 e. The van der Waals surface area contributed by atoms with Gasteiger partial charge in [-0.25, -0.2) is 14.8 Å². The lowest BCUT2D eigenvalue weighted by molar-refractivity contribution is 0.0531. The monoisotopic (exact) mass is 553 g/mol. The van der Waals surface area contributed by atoms with Gasteiger partial charge in [0.05, 0.1) is 24.9 Å². The fourth-order valence-corrected chi connectivity index (χ4v) is 3.38. The van der Waals surface area contributed by atoms with Crippen molar-refractivity contribution in [1.82, 2.24) is 20.6 Å². The van der Waals surface area contributed by atoms with Crippen molar-refractivity contribution in [2.75, 3.05) is 26.8 Å². The normalized spacial score (nSPS) is 12.0. The molecule has 8 nitrogen and oxygen atoms in total. The second-order valence-electron chi connectivity index (χ2n) is 5.69. The number of nitrogens with zero attached hydrogens (tertiary/aromatic N) is 3. The first kappa shape index (κ1) is 25.4. The summed E-state index contributed by atoms with van der Waals surface area (Å²) in [5.74, 6) is 0.643. The number of aromatic nitrogens is 2. The number of carbonyl (C=O) groups is 1. The van der Waals surface area contributed by atoms with Crippen LogP contribution >= 0.6 is 46.9 Å². The molecule has 2 heterocycles. The highest BCUT2D eigenvalue weighted by atomic mass is 127. The minimum Gasteiger partial charge on any atom is -0.475 e. The highest BCUT2D eigenvalue weighted by Crippen LogP contribution is 2.24. The van der Waals surface area contributed by atoms with E-state index < -0.39 is 0 Å². The standard InChI is InChI=1S/C18H24ClN5O3S.HI/c1-5-26-17(25)14-11(2)23-16(28-14)12(3)24-18(20-4)22-9-10-27-15-13(19)7-6-8-21-15;/h6-8,12H,5,9-10H2,1-4H3,(H2,20,22,24);1H. The van der Waals surface area contributed by atoms with E-state index in [-0.39, 0.29) is 36.0 Å². The summed E-state index contributed by atoms with van der Waals surface area (Å²) in [4.78, 5) is 25.2. The summed E-state index contributed by atoms with van der Waals surface area (Å²) in [6.45, 7) is 6.73. The number of aryl methyl sites for hydroxylation is 1. The molecule has 2 rings (SSSR count). The molecule has 0 aliphatic heterocycles. The summed E-state index contributed by atoms with van der Waals surface area (Å²) in [5, 5.41) is 7.64. The molecule has 0 amide bonds. The maximum absolute atomic E-state index is 12.0. The summed E-state index contributed by atoms with van der Waals surface area (Å²) in [7, 11) is 1.68. The zero-order valence-corrected chi connectivity index (χ0v) is 20.6. The summed E-state index contributed by atoms with van der Waals surface area (Å²) >= 11 is 7.32. The first-order chi connectivity index (χ1) is 13.5. The van der Waals surface area contributed by atoms with Crippen LogP contribution in [0.25, 0.3) is 0 Å². The van der Waals surface area contributed by atoms with Crippen LogP contribution in [0.2, 0.25) is 5.02 Å². The van der Waals surface area contributed by atoms with Gasteiger partial charge in [-0.3, -0.25) is 4.99 Å². The highest BCUT2D eigenvalue weighted by Gasteiger charge is 2.20. The molecule has 11 heteroatoms. The number of aliphatic imine (C=N–C) groups is 1. The molecular weight excluding hydrogens is 529 g/mol. The van der Waals surface area contributed by atoms with Crippen molar-refractivity contribution in [3.05, 3.63) is 38.9 Å². The molecule has 1 atom stereocenters. The number of halogens is 2. The molecule has 2 aromatic rings. The Morgan fingerprint density at radius 1 is 1.45 bits per heavy atom. The molecule has 0 saturated heterocycles. The Morgan fingerprint density at radius 3 is 2.86 bits per heavy atom. The van der Waals surface area contributed by atoms with Crippen LogP contribution in [0.5, 0.6) is 5.88 Å². The summed E-state index contributed by atoms with van der Waals surface area (Å²) in [6.07, 6.45) is 1.62. The number of pyridine rings is 1. The Kier molecular flexibility index (Phi) is 11.2. The molecule has 2 aromatic heterocycles. The molecule has 0 aliphatic rings. The van der Waals surface area contributed by atoms with E-state index in [4.69, 9.17) is 21.1 Å². The minimum absolute atomic E-state index is 0. The van der Waals surface area contributed by atoms with Crippen LogP contribution in [0.15, 0.2) is 23.3 Å². The predicted octanol–water partition coefficient (Wildman–Crippen LogP) is 3.60. The zero-order chi connectivity index (χ0) is 20.5. The number of ether oxygens (including phenoxy) is 2. The van der Waals surface area contributed by atoms with Crippen LogP contribution < -0.4 is 15.4 Å². The van der Waals surface area contributed by atoms with Gasteiger partial charge >= 0.3 is 5.97 Å². The molecular formula is C18H25ClIN5O3S. The second kappa shape index (κ2) is 12.8. The van der Waals surface area contributed by atoms with Crippen LogP contribution in [0.3, 0.4) is 0 Å². The number of hydrogen-bond donors (Lipinski definition) is 2. The molecule has 0 spiro atoms. The first-order valence-corrected chi connectivity index (χ1v) is 10.0. The van der Waals surface area contributed by atoms with E-state index in [9.17, 15) is 4.79 Å². The summed E-state index contributed by atoms with van der Waals surface area (Å²) in [6, 6.07) is 3.33. The van der Waals surface area contributed by atoms with Crippen molar-refractivity contribution >= 4 is 58.8 Å². The van der Waals surface area contributed by atoms with E-state index in [1.807, 2.05) is 6.92 Å². The van der Waals surface area contributed by atoms with Crippen molar-refractivity contribution < 1.29 is 14.3 Å². The second-order valence-corrected chi connectivity index (χ2v) is 7.13. The number of carbonyl (C=O) groups excluding carboxylic acids is 1. The number of nitrogens with one attached hydrogen (secondary N) is 2. The van der Waals surface area contributed by atoms with Crippen LogP contribution in [-0.2, 0) is 4.74 Å². The van der Waals surface area contributed by atoms with Gasteiger partial charge in [-0.15, -0.1) is 35.3 Å². The van der Waals surface area contributed by atoms with Gasteiger partial charge in [0.2, 0.25) is 5.88 Å². The lowest BCUT2D eigenvalue weighted by Crippen LogP contribution is -2.40. The van der Waals surface area contributed by atoms with E-state index in [2.05, 4.69) is 25.6 Å². The maximum Gasteiger partial charge on any atom is 0.350 e. The van der Waals surface area contributed by atoms with E-state index in [1.54, 1.807) is 39.2 Å². The third-order valence-corrected chi connectivity index (χ3v) is 5.19. The van der Waals surface area contributed by atoms with Crippen molar-refractivity contribution in [2.45, 2.75) is 26.8 Å². The van der Waals surface area contributed by atoms with Gasteiger partial charge in [-0.2, -0.15) is 0 Å². The predicted molar refractivity (Wildman–Crippen MR) is 126 cm³/mol. The molecule has 0 saturated carbocycles. The third-order valence-electron chi connectivity index (χ3n) is 3.58. The van der Waals surface area contributed by atoms with Crippen molar-refractivity contribution in [3.63, 3.8) is 0 Å². The molecule has 160 valence electrons. The topological polar surface area (TPSA) is 97.7 Å². The summed E-state index contributed by atoms with van der Waals surface area (Å²) in [5.41, 5.74) is 0.663. The maximum atomic E-state index is 12.0. The molecule has 29 heavy (non-hydrogen) atoms. The highest BCUT2D eigenvalue weighted by molar-refractivity contribution is 14.0. The minimum atomic E-state index is -0.344. The van der Waals surface area contributed by atoms with Crippen LogP contribution in [0.4, 0.5) is 0 Å². The van der Waals surface area contributed by atoms with Gasteiger partial charge in [-0.05, 0) is 32.9 Å². The lowest BCUT2D eigenvalue weighted by Gasteiger charge is -2.16. The smallest absolute Gasteiger partial charge is 0.350 e. The fraction of sp³-hybridized carbons (Fsp3) is 0.444. The van der Waals surface area contributed by atoms with Crippen molar-refractivity contribution in [3.8, 4) is 5.88 Å². The molecule has 0 fully saturated rings. The first-order valence-electron chi connectivity index (χ1n) is 8.81. The number of rotatable bonds is 8. The molecule has 0 radical (unpaired) electrons. The average molecular weight is 554 g/mol. The van der Waals surface area contributed by atoms with Gasteiger partial charge < -0.3 is 20.1 Å². The van der Waals surface area contributed by atoms with E-state index >= 15 is 0 Å². The van der Waals surface area contributed by atoms with Gasteiger partial charge in [-0.1, -0.05) is 11.6 Å². The van der Waals surface area contributed by atoms with Gasteiger partial charge in [0, 0.05) is 13.2 Å². The lowest BCUT2D eigenvalue weighted by atomic mass is 10.3. The SMILES string of the molecule is CCOC(=O)c1sc(C(C)NC(=NC)NCCOc2ncccc2Cl)nc1C.I. The third kappa shape index (κ3) is 7.59. The van der Waals surface area contributed by atoms with Gasteiger partial charge in [0.1, 0.15) is 21.5 Å². The molecule has 0 bridgehead atoms. The fourth-order valence-electron chi connectivity index (χ4n) is 2.24. The zero-order valence-electron chi connectivity index (χ0n) is 16.7. The van der Waals surface area contributed by atoms with Crippen molar-refractivity contribution in [2.24, 2.45) is 4.99 Å². The Morgan fingerprint density at radius 2 is 2.21 bits per heavy atom. The number of guanidine groups is 1. The van der Waals surface area contributed by atoms with Gasteiger partial charge in [0.25, 0.3) is 0 Å². The van der Waals surface area contributed by atoms with Crippen LogP contribution in [0, 0.1) is 6.92 Å². The quantitative estimate of drug-likeness (QED) is 0.169. The van der Waals surface area contributed by atoms with Crippen molar-refractivity contribution in [1.29, 1.82) is 0 Å². The Labute approximate surface area is 196 Å². The molecule has 0 aromatic carbocycles. The van der Waals surface area contributed by atoms with Crippen LogP contribution in [0.1, 0.15) is 40.3 Å². The molecule has 0 aliphatic carbocycles. The Balaban J connectivity index is 0.00000420. The van der Waals surface area contributed by atoms with E-state index in [1.165, 1.54) is 11.3 Å². The van der Waals surface area contributed by atoms with Crippen LogP contribution in [-0.4, -0.2) is 48.7 Å². The molecule has 2 N–H and O–H groups in total. The summed E-state index contributed by atoms with van der Waals surface area (Å²) < 4.78 is 10.6. The average Bonchev–Trinajstić information content (AvgIpc) is 3.07.